The Hall–Kier alpha value is -0.370. The summed E-state index contributed by atoms with van der Waals surface area (Å²) in [5, 5.41) is 0. The summed E-state index contributed by atoms with van der Waals surface area (Å²) < 4.78 is 0. The Morgan fingerprint density at radius 3 is 2.53 bits per heavy atom. The Labute approximate surface area is 94.0 Å². The van der Waals surface area contributed by atoms with Crippen LogP contribution in [0.5, 0.6) is 0 Å². The van der Waals surface area contributed by atoms with Crippen molar-refractivity contribution in [3.8, 4) is 0 Å². The molecule has 0 aliphatic carbocycles. The molecule has 0 amide bonds. The average Bonchev–Trinajstić information content (AvgIpc) is 2.21. The summed E-state index contributed by atoms with van der Waals surface area (Å²) >= 11 is 0. The quantitative estimate of drug-likeness (QED) is 0.696. The van der Waals surface area contributed by atoms with Crippen molar-refractivity contribution in [2.75, 3.05) is 6.54 Å². The SMILES string of the molecule is CCC(CC)N1CCCCC1CC(C)=O. The van der Waals surface area contributed by atoms with Gasteiger partial charge in [-0.05, 0) is 39.2 Å². The molecule has 1 saturated heterocycles. The van der Waals surface area contributed by atoms with Gasteiger partial charge in [0.15, 0.2) is 0 Å². The van der Waals surface area contributed by atoms with E-state index in [-0.39, 0.29) is 0 Å². The Morgan fingerprint density at radius 2 is 2.00 bits per heavy atom. The third-order valence-corrected chi connectivity index (χ3v) is 3.61. The van der Waals surface area contributed by atoms with Gasteiger partial charge >= 0.3 is 0 Å². The Bertz CT molecular complexity index is 199. The number of carbonyl (C=O) groups excluding carboxylic acids is 1. The number of rotatable bonds is 5. The van der Waals surface area contributed by atoms with Crippen LogP contribution in [0.3, 0.4) is 0 Å². The minimum absolute atomic E-state index is 0.345. The highest BCUT2D eigenvalue weighted by Crippen LogP contribution is 2.24. The zero-order chi connectivity index (χ0) is 11.3. The van der Waals surface area contributed by atoms with E-state index in [1.54, 1.807) is 6.92 Å². The van der Waals surface area contributed by atoms with E-state index in [0.29, 0.717) is 17.9 Å². The first-order valence-corrected chi connectivity index (χ1v) is 6.44. The molecule has 1 unspecified atom stereocenters. The van der Waals surface area contributed by atoms with Crippen molar-refractivity contribution in [1.82, 2.24) is 4.90 Å². The van der Waals surface area contributed by atoms with E-state index >= 15 is 0 Å². The second-order valence-corrected chi connectivity index (χ2v) is 4.76. The monoisotopic (exact) mass is 211 g/mol. The van der Waals surface area contributed by atoms with Gasteiger partial charge < -0.3 is 0 Å². The summed E-state index contributed by atoms with van der Waals surface area (Å²) in [6.07, 6.45) is 7.02. The van der Waals surface area contributed by atoms with Crippen LogP contribution in [0.25, 0.3) is 0 Å². The Morgan fingerprint density at radius 1 is 1.33 bits per heavy atom. The minimum Gasteiger partial charge on any atom is -0.300 e. The highest BCUT2D eigenvalue weighted by atomic mass is 16.1. The van der Waals surface area contributed by atoms with Crippen LogP contribution in [0.4, 0.5) is 0 Å². The van der Waals surface area contributed by atoms with E-state index in [9.17, 15) is 4.79 Å². The van der Waals surface area contributed by atoms with Crippen LogP contribution in [0.1, 0.15) is 59.3 Å². The summed E-state index contributed by atoms with van der Waals surface area (Å²) in [7, 11) is 0. The molecule has 1 aliphatic rings. The van der Waals surface area contributed by atoms with Crippen molar-refractivity contribution in [3.05, 3.63) is 0 Å². The fourth-order valence-electron chi connectivity index (χ4n) is 2.81. The normalized spacial score (nSPS) is 23.3. The summed E-state index contributed by atoms with van der Waals surface area (Å²) in [4.78, 5) is 13.8. The minimum atomic E-state index is 0.345. The van der Waals surface area contributed by atoms with Gasteiger partial charge in [-0.2, -0.15) is 0 Å². The van der Waals surface area contributed by atoms with Gasteiger partial charge in [0.1, 0.15) is 5.78 Å². The van der Waals surface area contributed by atoms with Gasteiger partial charge in [0.25, 0.3) is 0 Å². The third kappa shape index (κ3) is 3.60. The highest BCUT2D eigenvalue weighted by molar-refractivity contribution is 5.76. The second-order valence-electron chi connectivity index (χ2n) is 4.76. The zero-order valence-corrected chi connectivity index (χ0v) is 10.5. The maximum absolute atomic E-state index is 11.2. The van der Waals surface area contributed by atoms with Gasteiger partial charge in [-0.1, -0.05) is 20.3 Å². The van der Waals surface area contributed by atoms with Crippen LogP contribution in [0.15, 0.2) is 0 Å². The molecule has 0 N–H and O–H groups in total. The molecular weight excluding hydrogens is 186 g/mol. The molecule has 1 aliphatic heterocycles. The third-order valence-electron chi connectivity index (χ3n) is 3.61. The molecule has 0 aromatic carbocycles. The maximum Gasteiger partial charge on any atom is 0.131 e. The van der Waals surface area contributed by atoms with Gasteiger partial charge in [-0.3, -0.25) is 9.69 Å². The molecule has 0 aromatic heterocycles. The molecular formula is C13H25NO. The van der Waals surface area contributed by atoms with Crippen molar-refractivity contribution >= 4 is 5.78 Å². The summed E-state index contributed by atoms with van der Waals surface area (Å²) in [6, 6.07) is 1.22. The lowest BCUT2D eigenvalue weighted by molar-refractivity contribution is -0.118. The van der Waals surface area contributed by atoms with Crippen LogP contribution < -0.4 is 0 Å². The lowest BCUT2D eigenvalue weighted by Crippen LogP contribution is -2.46. The predicted molar refractivity (Wildman–Crippen MR) is 64.0 cm³/mol. The van der Waals surface area contributed by atoms with E-state index in [4.69, 9.17) is 0 Å². The van der Waals surface area contributed by atoms with Crippen molar-refractivity contribution in [2.24, 2.45) is 0 Å². The van der Waals surface area contributed by atoms with Crippen molar-refractivity contribution < 1.29 is 4.79 Å². The first-order valence-electron chi connectivity index (χ1n) is 6.44. The van der Waals surface area contributed by atoms with Crippen LogP contribution in [-0.4, -0.2) is 29.3 Å². The molecule has 0 aromatic rings. The summed E-state index contributed by atoms with van der Waals surface area (Å²) in [6.45, 7) is 7.44. The van der Waals surface area contributed by atoms with Crippen LogP contribution >= 0.6 is 0 Å². The number of likely N-dealkylation sites (tertiary alicyclic amines) is 1. The standard InChI is InChI=1S/C13H25NO/c1-4-12(5-2)14-9-7-6-8-13(14)10-11(3)15/h12-13H,4-10H2,1-3H3. The topological polar surface area (TPSA) is 20.3 Å². The Balaban J connectivity index is 2.59. The lowest BCUT2D eigenvalue weighted by atomic mass is 9.94. The van der Waals surface area contributed by atoms with Gasteiger partial charge in [-0.25, -0.2) is 0 Å². The van der Waals surface area contributed by atoms with Crippen LogP contribution in [0.2, 0.25) is 0 Å². The van der Waals surface area contributed by atoms with Crippen LogP contribution in [-0.2, 0) is 4.79 Å². The number of carbonyl (C=O) groups is 1. The molecule has 2 nitrogen and oxygen atoms in total. The van der Waals surface area contributed by atoms with E-state index in [1.807, 2.05) is 0 Å². The number of nitrogens with zero attached hydrogens (tertiary/aromatic N) is 1. The molecule has 15 heavy (non-hydrogen) atoms. The number of hydrogen-bond donors (Lipinski definition) is 0. The van der Waals surface area contributed by atoms with E-state index in [0.717, 1.165) is 6.42 Å². The number of hydrogen-bond acceptors (Lipinski definition) is 2. The van der Waals surface area contributed by atoms with Gasteiger partial charge in [0, 0.05) is 18.5 Å². The molecule has 1 fully saturated rings. The molecule has 1 atom stereocenters. The lowest BCUT2D eigenvalue weighted by Gasteiger charge is -2.40. The molecule has 1 heterocycles. The molecule has 0 bridgehead atoms. The molecule has 0 saturated carbocycles. The van der Waals surface area contributed by atoms with E-state index in [2.05, 4.69) is 18.7 Å². The van der Waals surface area contributed by atoms with E-state index < -0.39 is 0 Å². The second kappa shape index (κ2) is 6.26. The smallest absolute Gasteiger partial charge is 0.131 e. The van der Waals surface area contributed by atoms with E-state index in [1.165, 1.54) is 38.6 Å². The maximum atomic E-state index is 11.2. The fourth-order valence-corrected chi connectivity index (χ4v) is 2.81. The molecule has 0 radical (unpaired) electrons. The van der Waals surface area contributed by atoms with Gasteiger partial charge in [0.05, 0.1) is 0 Å². The van der Waals surface area contributed by atoms with Gasteiger partial charge in [0.2, 0.25) is 0 Å². The number of ketones is 1. The molecule has 0 spiro atoms. The van der Waals surface area contributed by atoms with Crippen molar-refractivity contribution in [2.45, 2.75) is 71.4 Å². The van der Waals surface area contributed by atoms with Crippen LogP contribution in [0, 0.1) is 0 Å². The highest BCUT2D eigenvalue weighted by Gasteiger charge is 2.27. The molecule has 2 heteroatoms. The number of piperidine rings is 1. The first kappa shape index (κ1) is 12.7. The summed E-state index contributed by atoms with van der Waals surface area (Å²) in [5.74, 6) is 0.345. The zero-order valence-electron chi connectivity index (χ0n) is 10.5. The largest absolute Gasteiger partial charge is 0.300 e. The van der Waals surface area contributed by atoms with Crippen molar-refractivity contribution in [3.63, 3.8) is 0 Å². The van der Waals surface area contributed by atoms with Crippen molar-refractivity contribution in [1.29, 1.82) is 0 Å². The molecule has 1 rings (SSSR count). The average molecular weight is 211 g/mol. The predicted octanol–water partition coefficient (Wildman–Crippen LogP) is 3.01. The Kier molecular flexibility index (Phi) is 5.30. The fraction of sp³-hybridized carbons (Fsp3) is 0.923. The first-order chi connectivity index (χ1) is 7.19. The summed E-state index contributed by atoms with van der Waals surface area (Å²) in [5.41, 5.74) is 0. The number of Topliss-reactive ketones (excluding diaryl/α,β-unsaturated/α-hetero) is 1. The van der Waals surface area contributed by atoms with Gasteiger partial charge in [-0.15, -0.1) is 0 Å². The molecule has 88 valence electrons.